The number of hydrogen-bond acceptors (Lipinski definition) is 2. The fourth-order valence-electron chi connectivity index (χ4n) is 2.96. The van der Waals surface area contributed by atoms with Crippen molar-refractivity contribution in [1.82, 2.24) is 4.90 Å². The van der Waals surface area contributed by atoms with Crippen LogP contribution < -0.4 is 5.73 Å². The lowest BCUT2D eigenvalue weighted by molar-refractivity contribution is -0.140. The van der Waals surface area contributed by atoms with Gasteiger partial charge in [0.1, 0.15) is 0 Å². The topological polar surface area (TPSA) is 46.3 Å². The quantitative estimate of drug-likeness (QED) is 0.838. The Kier molecular flexibility index (Phi) is 5.64. The van der Waals surface area contributed by atoms with Gasteiger partial charge in [-0.3, -0.25) is 4.79 Å². The molecule has 1 fully saturated rings. The minimum Gasteiger partial charge on any atom is -0.339 e. The molecule has 0 radical (unpaired) electrons. The van der Waals surface area contributed by atoms with Crippen molar-refractivity contribution in [2.45, 2.75) is 65.8 Å². The van der Waals surface area contributed by atoms with Gasteiger partial charge in [-0.15, -0.1) is 0 Å². The summed E-state index contributed by atoms with van der Waals surface area (Å²) in [6.07, 6.45) is 5.52. The van der Waals surface area contributed by atoms with Crippen molar-refractivity contribution in [3.05, 3.63) is 0 Å². The molecule has 1 saturated heterocycles. The molecule has 0 spiro atoms. The second-order valence-corrected chi connectivity index (χ2v) is 6.79. The number of piperidine rings is 1. The summed E-state index contributed by atoms with van der Waals surface area (Å²) in [5, 5.41) is 0. The van der Waals surface area contributed by atoms with Gasteiger partial charge in [0.2, 0.25) is 5.91 Å². The molecule has 1 heterocycles. The predicted octanol–water partition coefficient (Wildman–Crippen LogP) is 2.79. The highest BCUT2D eigenvalue weighted by molar-refractivity contribution is 5.79. The van der Waals surface area contributed by atoms with Gasteiger partial charge in [-0.2, -0.15) is 0 Å². The van der Waals surface area contributed by atoms with Crippen LogP contribution in [0, 0.1) is 11.3 Å². The molecule has 3 nitrogen and oxygen atoms in total. The van der Waals surface area contributed by atoms with E-state index in [1.54, 1.807) is 0 Å². The smallest absolute Gasteiger partial charge is 0.227 e. The summed E-state index contributed by atoms with van der Waals surface area (Å²) >= 11 is 0. The normalized spacial score (nSPS) is 22.9. The maximum atomic E-state index is 12.6. The van der Waals surface area contributed by atoms with E-state index in [2.05, 4.69) is 32.6 Å². The van der Waals surface area contributed by atoms with Crippen molar-refractivity contribution in [3.8, 4) is 0 Å². The molecule has 0 aromatic heterocycles. The summed E-state index contributed by atoms with van der Waals surface area (Å²) in [5.41, 5.74) is 5.99. The van der Waals surface area contributed by atoms with E-state index in [0.29, 0.717) is 18.5 Å². The summed E-state index contributed by atoms with van der Waals surface area (Å²) in [5.74, 6) is 0.288. The maximum Gasteiger partial charge on any atom is 0.227 e. The minimum absolute atomic E-state index is 0.00264. The zero-order valence-electron chi connectivity index (χ0n) is 12.5. The summed E-state index contributed by atoms with van der Waals surface area (Å²) < 4.78 is 0. The molecule has 0 aromatic rings. The van der Waals surface area contributed by atoms with Gasteiger partial charge >= 0.3 is 0 Å². The first-order chi connectivity index (χ1) is 8.39. The summed E-state index contributed by atoms with van der Waals surface area (Å²) in [6, 6.07) is 0.445. The van der Waals surface area contributed by atoms with E-state index in [1.807, 2.05) is 0 Å². The van der Waals surface area contributed by atoms with Crippen LogP contribution in [0.3, 0.4) is 0 Å². The Hall–Kier alpha value is -0.570. The monoisotopic (exact) mass is 254 g/mol. The van der Waals surface area contributed by atoms with Crippen LogP contribution in [0.5, 0.6) is 0 Å². The number of hydrogen-bond donors (Lipinski definition) is 1. The number of nitrogens with two attached hydrogens (primary N) is 1. The standard InChI is InChI=1S/C15H30N2O/c1-5-13-8-6-7-9-17(13)14(18)12(11-16)10-15(2,3)4/h12-13H,5-11,16H2,1-4H3. The average Bonchev–Trinajstić information content (AvgIpc) is 2.34. The molecule has 0 bridgehead atoms. The molecular formula is C15H30N2O. The fraction of sp³-hybridized carbons (Fsp3) is 0.933. The van der Waals surface area contributed by atoms with Crippen LogP contribution in [0.1, 0.15) is 59.8 Å². The van der Waals surface area contributed by atoms with Crippen molar-refractivity contribution in [1.29, 1.82) is 0 Å². The van der Waals surface area contributed by atoms with Gasteiger partial charge in [-0.25, -0.2) is 0 Å². The van der Waals surface area contributed by atoms with E-state index in [0.717, 1.165) is 32.2 Å². The molecule has 1 aliphatic rings. The zero-order chi connectivity index (χ0) is 13.8. The molecule has 3 heteroatoms. The zero-order valence-corrected chi connectivity index (χ0v) is 12.5. The highest BCUT2D eigenvalue weighted by Crippen LogP contribution is 2.28. The third-order valence-electron chi connectivity index (χ3n) is 3.87. The van der Waals surface area contributed by atoms with Crippen molar-refractivity contribution in [2.75, 3.05) is 13.1 Å². The first kappa shape index (κ1) is 15.5. The van der Waals surface area contributed by atoms with Crippen LogP contribution in [-0.4, -0.2) is 29.9 Å². The largest absolute Gasteiger partial charge is 0.339 e. The van der Waals surface area contributed by atoms with Gasteiger partial charge in [-0.1, -0.05) is 27.7 Å². The molecule has 18 heavy (non-hydrogen) atoms. The van der Waals surface area contributed by atoms with Gasteiger partial charge in [0.05, 0.1) is 5.92 Å². The molecule has 0 aromatic carbocycles. The van der Waals surface area contributed by atoms with Crippen LogP contribution in [0.25, 0.3) is 0 Å². The number of nitrogens with zero attached hydrogens (tertiary/aromatic N) is 1. The average molecular weight is 254 g/mol. The van der Waals surface area contributed by atoms with Crippen LogP contribution in [0.15, 0.2) is 0 Å². The van der Waals surface area contributed by atoms with Crippen LogP contribution in [-0.2, 0) is 4.79 Å². The van der Waals surface area contributed by atoms with Crippen molar-refractivity contribution >= 4 is 5.91 Å². The van der Waals surface area contributed by atoms with Crippen LogP contribution in [0.2, 0.25) is 0 Å². The third kappa shape index (κ3) is 4.27. The van der Waals surface area contributed by atoms with Gasteiger partial charge in [0, 0.05) is 19.1 Å². The van der Waals surface area contributed by atoms with Crippen molar-refractivity contribution < 1.29 is 4.79 Å². The summed E-state index contributed by atoms with van der Waals surface area (Å²) in [4.78, 5) is 14.7. The molecule has 2 atom stereocenters. The van der Waals surface area contributed by atoms with Gasteiger partial charge in [-0.05, 0) is 37.5 Å². The molecule has 0 aliphatic carbocycles. The van der Waals surface area contributed by atoms with E-state index in [1.165, 1.54) is 6.42 Å². The number of amides is 1. The Morgan fingerprint density at radius 2 is 2.06 bits per heavy atom. The molecule has 2 N–H and O–H groups in total. The SMILES string of the molecule is CCC1CCCCN1C(=O)C(CN)CC(C)(C)C. The highest BCUT2D eigenvalue weighted by atomic mass is 16.2. The number of likely N-dealkylation sites (tertiary alicyclic amines) is 1. The van der Waals surface area contributed by atoms with Crippen LogP contribution in [0.4, 0.5) is 0 Å². The lowest BCUT2D eigenvalue weighted by atomic mass is 9.83. The summed E-state index contributed by atoms with van der Waals surface area (Å²) in [6.45, 7) is 10.1. The van der Waals surface area contributed by atoms with E-state index in [4.69, 9.17) is 5.73 Å². The van der Waals surface area contributed by atoms with Crippen molar-refractivity contribution in [3.63, 3.8) is 0 Å². The minimum atomic E-state index is -0.00264. The Morgan fingerprint density at radius 3 is 2.56 bits per heavy atom. The molecule has 0 saturated carbocycles. The number of carbonyl (C=O) groups is 1. The summed E-state index contributed by atoms with van der Waals surface area (Å²) in [7, 11) is 0. The second kappa shape index (κ2) is 6.55. The Labute approximate surface area is 112 Å². The molecule has 1 amide bonds. The number of rotatable bonds is 4. The molecule has 106 valence electrons. The van der Waals surface area contributed by atoms with Gasteiger partial charge in [0.15, 0.2) is 0 Å². The molecule has 2 unspecified atom stereocenters. The van der Waals surface area contributed by atoms with Crippen molar-refractivity contribution in [2.24, 2.45) is 17.1 Å². The lowest BCUT2D eigenvalue weighted by Gasteiger charge is -2.38. The Bertz CT molecular complexity index is 270. The fourth-order valence-corrected chi connectivity index (χ4v) is 2.96. The maximum absolute atomic E-state index is 12.6. The Morgan fingerprint density at radius 1 is 1.39 bits per heavy atom. The highest BCUT2D eigenvalue weighted by Gasteiger charge is 2.32. The lowest BCUT2D eigenvalue weighted by Crippen LogP contribution is -2.48. The number of carbonyl (C=O) groups excluding carboxylic acids is 1. The van der Waals surface area contributed by atoms with E-state index in [9.17, 15) is 4.79 Å². The predicted molar refractivity (Wildman–Crippen MR) is 76.3 cm³/mol. The third-order valence-corrected chi connectivity index (χ3v) is 3.87. The molecule has 1 rings (SSSR count). The first-order valence-corrected chi connectivity index (χ1v) is 7.39. The van der Waals surface area contributed by atoms with Crippen LogP contribution >= 0.6 is 0 Å². The first-order valence-electron chi connectivity index (χ1n) is 7.39. The van der Waals surface area contributed by atoms with E-state index in [-0.39, 0.29) is 11.3 Å². The van der Waals surface area contributed by atoms with E-state index >= 15 is 0 Å². The van der Waals surface area contributed by atoms with E-state index < -0.39 is 0 Å². The van der Waals surface area contributed by atoms with Gasteiger partial charge < -0.3 is 10.6 Å². The molecular weight excluding hydrogens is 224 g/mol. The van der Waals surface area contributed by atoms with Gasteiger partial charge in [0.25, 0.3) is 0 Å². The molecule has 1 aliphatic heterocycles. The second-order valence-electron chi connectivity index (χ2n) is 6.79. The Balaban J connectivity index is 2.69.